The fourth-order valence-corrected chi connectivity index (χ4v) is 5.94. The Morgan fingerprint density at radius 2 is 1.70 bits per heavy atom. The standard InChI is InChI=1S/C26H32Cl2N2/c1-3-22(30(2)18-20-10-5-4-6-11-20)16-17-26(19-29,21-12-7-8-13-21)25-23(27)14-9-15-24(25)28/h4-6,9-11,14-15,21-22H,3,7-8,12-13,16-18H2,1-2H3. The second-order valence-corrected chi connectivity index (χ2v) is 9.48. The minimum atomic E-state index is -0.618. The van der Waals surface area contributed by atoms with Gasteiger partial charge in [0.2, 0.25) is 0 Å². The number of halogens is 2. The van der Waals surface area contributed by atoms with E-state index >= 15 is 0 Å². The van der Waals surface area contributed by atoms with Crippen LogP contribution in [0.5, 0.6) is 0 Å². The summed E-state index contributed by atoms with van der Waals surface area (Å²) in [7, 11) is 2.19. The number of benzene rings is 2. The second-order valence-electron chi connectivity index (χ2n) is 8.66. The topological polar surface area (TPSA) is 27.0 Å². The summed E-state index contributed by atoms with van der Waals surface area (Å²) in [6.45, 7) is 3.15. The fourth-order valence-electron chi connectivity index (χ4n) is 5.21. The molecule has 0 spiro atoms. The predicted molar refractivity (Wildman–Crippen MR) is 127 cm³/mol. The van der Waals surface area contributed by atoms with Crippen LogP contribution in [0.15, 0.2) is 48.5 Å². The molecule has 2 aromatic carbocycles. The van der Waals surface area contributed by atoms with Crippen LogP contribution >= 0.6 is 23.2 Å². The maximum absolute atomic E-state index is 10.5. The number of hydrogen-bond donors (Lipinski definition) is 0. The third kappa shape index (κ3) is 5.02. The van der Waals surface area contributed by atoms with Crippen LogP contribution < -0.4 is 0 Å². The zero-order chi connectivity index (χ0) is 21.6. The predicted octanol–water partition coefficient (Wildman–Crippen LogP) is 7.64. The lowest BCUT2D eigenvalue weighted by Crippen LogP contribution is -2.37. The molecule has 2 atom stereocenters. The molecule has 0 amide bonds. The first-order valence-electron chi connectivity index (χ1n) is 11.1. The molecule has 1 saturated carbocycles. The third-order valence-corrected chi connectivity index (χ3v) is 7.53. The van der Waals surface area contributed by atoms with Crippen molar-refractivity contribution in [2.24, 2.45) is 5.92 Å². The second kappa shape index (κ2) is 10.7. The lowest BCUT2D eigenvalue weighted by molar-refractivity contribution is 0.193. The summed E-state index contributed by atoms with van der Waals surface area (Å²) in [6, 6.07) is 19.3. The number of rotatable bonds is 9. The zero-order valence-electron chi connectivity index (χ0n) is 18.1. The van der Waals surface area contributed by atoms with Crippen molar-refractivity contribution in [1.82, 2.24) is 4.90 Å². The van der Waals surface area contributed by atoms with E-state index in [1.54, 1.807) is 0 Å². The molecule has 0 radical (unpaired) electrons. The van der Waals surface area contributed by atoms with Crippen LogP contribution in [0.1, 0.15) is 63.0 Å². The minimum absolute atomic E-state index is 0.317. The summed E-state index contributed by atoms with van der Waals surface area (Å²) < 4.78 is 0. The molecule has 2 nitrogen and oxygen atoms in total. The highest BCUT2D eigenvalue weighted by Gasteiger charge is 2.44. The van der Waals surface area contributed by atoms with Gasteiger partial charge in [0.15, 0.2) is 0 Å². The van der Waals surface area contributed by atoms with Gasteiger partial charge in [-0.05, 0) is 62.8 Å². The van der Waals surface area contributed by atoms with Crippen LogP contribution in [0, 0.1) is 17.2 Å². The number of nitriles is 1. The smallest absolute Gasteiger partial charge is 0.0879 e. The van der Waals surface area contributed by atoms with Crippen LogP contribution in [0.3, 0.4) is 0 Å². The molecule has 0 bridgehead atoms. The Hall–Kier alpha value is -1.53. The van der Waals surface area contributed by atoms with Gasteiger partial charge in [-0.2, -0.15) is 5.26 Å². The highest BCUT2D eigenvalue weighted by atomic mass is 35.5. The first kappa shape index (κ1) is 23.1. The summed E-state index contributed by atoms with van der Waals surface area (Å²) in [5.41, 5.74) is 1.55. The van der Waals surface area contributed by atoms with Crippen LogP contribution in [-0.4, -0.2) is 18.0 Å². The van der Waals surface area contributed by atoms with E-state index < -0.39 is 5.41 Å². The number of nitrogens with zero attached hydrogens (tertiary/aromatic N) is 2. The van der Waals surface area contributed by atoms with E-state index in [4.69, 9.17) is 23.2 Å². The molecule has 0 heterocycles. The SMILES string of the molecule is CCC(CCC(C#N)(c1c(Cl)cccc1Cl)C1CCCC1)N(C)Cc1ccccc1. The summed E-state index contributed by atoms with van der Waals surface area (Å²) in [5.74, 6) is 0.317. The van der Waals surface area contributed by atoms with Crippen molar-refractivity contribution in [2.75, 3.05) is 7.05 Å². The normalized spacial score (nSPS) is 17.6. The molecular weight excluding hydrogens is 411 g/mol. The first-order valence-corrected chi connectivity index (χ1v) is 11.9. The molecule has 0 N–H and O–H groups in total. The fraction of sp³-hybridized carbons (Fsp3) is 0.500. The molecule has 0 saturated heterocycles. The minimum Gasteiger partial charge on any atom is -0.299 e. The van der Waals surface area contributed by atoms with E-state index in [9.17, 15) is 5.26 Å². The average molecular weight is 443 g/mol. The Bertz CT molecular complexity index is 835. The maximum atomic E-state index is 10.5. The van der Waals surface area contributed by atoms with Crippen molar-refractivity contribution < 1.29 is 0 Å². The van der Waals surface area contributed by atoms with Gasteiger partial charge in [-0.3, -0.25) is 4.90 Å². The van der Waals surface area contributed by atoms with Gasteiger partial charge >= 0.3 is 0 Å². The van der Waals surface area contributed by atoms with Gasteiger partial charge in [0, 0.05) is 28.2 Å². The van der Waals surface area contributed by atoms with Crippen molar-refractivity contribution in [3.8, 4) is 6.07 Å². The van der Waals surface area contributed by atoms with Gasteiger partial charge in [0.1, 0.15) is 0 Å². The van der Waals surface area contributed by atoms with Crippen LogP contribution in [0.4, 0.5) is 0 Å². The van der Waals surface area contributed by atoms with Gasteiger partial charge in [-0.1, -0.05) is 79.4 Å². The molecule has 2 unspecified atom stereocenters. The van der Waals surface area contributed by atoms with Crippen molar-refractivity contribution >= 4 is 23.2 Å². The maximum Gasteiger partial charge on any atom is 0.0879 e. The van der Waals surface area contributed by atoms with Crippen molar-refractivity contribution in [1.29, 1.82) is 5.26 Å². The molecule has 4 heteroatoms. The van der Waals surface area contributed by atoms with Gasteiger partial charge in [0.25, 0.3) is 0 Å². The quantitative estimate of drug-likeness (QED) is 0.398. The Morgan fingerprint density at radius 3 is 2.27 bits per heavy atom. The van der Waals surface area contributed by atoms with E-state index in [1.165, 1.54) is 18.4 Å². The highest BCUT2D eigenvalue weighted by Crippen LogP contribution is 2.49. The van der Waals surface area contributed by atoms with Gasteiger partial charge < -0.3 is 0 Å². The molecule has 1 aliphatic carbocycles. The lowest BCUT2D eigenvalue weighted by Gasteiger charge is -2.37. The number of hydrogen-bond acceptors (Lipinski definition) is 2. The monoisotopic (exact) mass is 442 g/mol. The van der Waals surface area contributed by atoms with E-state index in [0.717, 1.165) is 44.2 Å². The summed E-state index contributed by atoms with van der Waals surface area (Å²) >= 11 is 13.3. The molecule has 1 aliphatic rings. The molecular formula is C26H32Cl2N2. The van der Waals surface area contributed by atoms with Crippen molar-refractivity contribution in [2.45, 2.75) is 69.9 Å². The molecule has 160 valence electrons. The van der Waals surface area contributed by atoms with Crippen molar-refractivity contribution in [3.05, 3.63) is 69.7 Å². The van der Waals surface area contributed by atoms with E-state index in [0.29, 0.717) is 22.0 Å². The Kier molecular flexibility index (Phi) is 8.23. The Labute approximate surface area is 191 Å². The molecule has 0 aliphatic heterocycles. The zero-order valence-corrected chi connectivity index (χ0v) is 19.6. The molecule has 3 rings (SSSR count). The summed E-state index contributed by atoms with van der Waals surface area (Å²) in [6.07, 6.45) is 7.30. The Balaban J connectivity index is 1.85. The third-order valence-electron chi connectivity index (χ3n) is 6.90. The van der Waals surface area contributed by atoms with E-state index in [2.05, 4.69) is 55.3 Å². The largest absolute Gasteiger partial charge is 0.299 e. The van der Waals surface area contributed by atoms with Gasteiger partial charge in [-0.25, -0.2) is 0 Å². The molecule has 2 aromatic rings. The van der Waals surface area contributed by atoms with Crippen molar-refractivity contribution in [3.63, 3.8) is 0 Å². The highest BCUT2D eigenvalue weighted by molar-refractivity contribution is 6.36. The lowest BCUT2D eigenvalue weighted by atomic mass is 9.67. The summed E-state index contributed by atoms with van der Waals surface area (Å²) in [4.78, 5) is 2.42. The average Bonchev–Trinajstić information content (AvgIpc) is 3.28. The van der Waals surface area contributed by atoms with Gasteiger partial charge in [0.05, 0.1) is 11.5 Å². The van der Waals surface area contributed by atoms with E-state index in [1.807, 2.05) is 18.2 Å². The van der Waals surface area contributed by atoms with Crippen LogP contribution in [0.25, 0.3) is 0 Å². The van der Waals surface area contributed by atoms with Gasteiger partial charge in [-0.15, -0.1) is 0 Å². The van der Waals surface area contributed by atoms with Crippen LogP contribution in [-0.2, 0) is 12.0 Å². The Morgan fingerprint density at radius 1 is 1.07 bits per heavy atom. The van der Waals surface area contributed by atoms with Crippen LogP contribution in [0.2, 0.25) is 10.0 Å². The summed E-state index contributed by atoms with van der Waals surface area (Å²) in [5, 5.41) is 11.8. The molecule has 30 heavy (non-hydrogen) atoms. The molecule has 0 aromatic heterocycles. The molecule has 1 fully saturated rings. The van der Waals surface area contributed by atoms with E-state index in [-0.39, 0.29) is 0 Å². The first-order chi connectivity index (χ1) is 14.5.